The number of hydrogen-bond acceptors (Lipinski definition) is 3. The lowest BCUT2D eigenvalue weighted by Crippen LogP contribution is -2.38. The molecule has 0 unspecified atom stereocenters. The zero-order chi connectivity index (χ0) is 17.8. The molecule has 0 amide bonds. The van der Waals surface area contributed by atoms with Crippen LogP contribution in [-0.2, 0) is 4.74 Å². The van der Waals surface area contributed by atoms with E-state index >= 15 is 0 Å². The van der Waals surface area contributed by atoms with Gasteiger partial charge >= 0.3 is 0 Å². The first-order valence-electron chi connectivity index (χ1n) is 9.97. The minimum atomic E-state index is 0.0171. The highest BCUT2D eigenvalue weighted by Crippen LogP contribution is 2.29. The van der Waals surface area contributed by atoms with Crippen LogP contribution in [0.25, 0.3) is 0 Å². The van der Waals surface area contributed by atoms with Crippen LogP contribution in [0.5, 0.6) is 0 Å². The van der Waals surface area contributed by atoms with Gasteiger partial charge in [-0.1, -0.05) is 60.7 Å². The van der Waals surface area contributed by atoms with E-state index in [2.05, 4.69) is 77.5 Å². The van der Waals surface area contributed by atoms with Crippen LogP contribution in [0.3, 0.4) is 0 Å². The number of benzene rings is 2. The first-order chi connectivity index (χ1) is 12.8. The van der Waals surface area contributed by atoms with E-state index < -0.39 is 0 Å². The highest BCUT2D eigenvalue weighted by molar-refractivity contribution is 5.29. The summed E-state index contributed by atoms with van der Waals surface area (Å²) >= 11 is 0. The van der Waals surface area contributed by atoms with E-state index in [9.17, 15) is 0 Å². The Balaban J connectivity index is 1.38. The maximum Gasteiger partial charge on any atom is 0.108 e. The highest BCUT2D eigenvalue weighted by Gasteiger charge is 2.34. The topological polar surface area (TPSA) is 15.7 Å². The van der Waals surface area contributed by atoms with Gasteiger partial charge in [0.05, 0.1) is 6.61 Å². The number of likely N-dealkylation sites (N-methyl/N-ethyl adjacent to an activating group) is 1. The molecule has 0 aromatic heterocycles. The lowest BCUT2D eigenvalue weighted by molar-refractivity contribution is 0.0579. The van der Waals surface area contributed by atoms with Gasteiger partial charge in [-0.15, -0.1) is 0 Å². The summed E-state index contributed by atoms with van der Waals surface area (Å²) in [6, 6.07) is 22.7. The molecule has 0 aliphatic carbocycles. The third-order valence-corrected chi connectivity index (χ3v) is 6.13. The first-order valence-corrected chi connectivity index (χ1v) is 9.97. The van der Waals surface area contributed by atoms with Crippen molar-refractivity contribution >= 4 is 0 Å². The molecule has 2 atom stereocenters. The monoisotopic (exact) mass is 350 g/mol. The third-order valence-electron chi connectivity index (χ3n) is 6.13. The standard InChI is InChI=1S/C23H30N2O/c1-24-21-12-13-22(24)18-25(15-14-21)16-17-26-23(19-8-4-2-5-9-19)20-10-6-3-7-11-20/h2-11,21-23H,12-18H2,1H3/t21-,22-/m1/s1. The van der Waals surface area contributed by atoms with Gasteiger partial charge in [-0.2, -0.15) is 0 Å². The van der Waals surface area contributed by atoms with Gasteiger partial charge in [-0.25, -0.2) is 0 Å². The summed E-state index contributed by atoms with van der Waals surface area (Å²) in [6.07, 6.45) is 4.06. The molecule has 2 saturated heterocycles. The molecule has 26 heavy (non-hydrogen) atoms. The summed E-state index contributed by atoms with van der Waals surface area (Å²) < 4.78 is 6.41. The molecule has 4 rings (SSSR count). The summed E-state index contributed by atoms with van der Waals surface area (Å²) in [5.41, 5.74) is 2.46. The molecule has 2 heterocycles. The maximum atomic E-state index is 6.41. The van der Waals surface area contributed by atoms with E-state index in [1.54, 1.807) is 0 Å². The molecule has 0 saturated carbocycles. The number of nitrogens with zero attached hydrogens (tertiary/aromatic N) is 2. The zero-order valence-corrected chi connectivity index (χ0v) is 15.8. The molecule has 0 N–H and O–H groups in total. The molecular weight excluding hydrogens is 320 g/mol. The van der Waals surface area contributed by atoms with E-state index in [4.69, 9.17) is 4.74 Å². The van der Waals surface area contributed by atoms with Crippen molar-refractivity contribution in [2.75, 3.05) is 33.3 Å². The largest absolute Gasteiger partial charge is 0.367 e. The van der Waals surface area contributed by atoms with E-state index in [1.807, 2.05) is 0 Å². The molecule has 3 heteroatoms. The highest BCUT2D eigenvalue weighted by atomic mass is 16.5. The van der Waals surface area contributed by atoms with Crippen molar-refractivity contribution in [3.05, 3.63) is 71.8 Å². The van der Waals surface area contributed by atoms with Gasteiger partial charge in [0.25, 0.3) is 0 Å². The molecule has 2 aliphatic heterocycles. The Labute approximate surface area is 157 Å². The Hall–Kier alpha value is -1.68. The molecule has 2 aromatic carbocycles. The van der Waals surface area contributed by atoms with Crippen molar-refractivity contribution < 1.29 is 4.74 Å². The van der Waals surface area contributed by atoms with Crippen LogP contribution in [0, 0.1) is 0 Å². The Bertz CT molecular complexity index is 636. The molecular formula is C23H30N2O. The fourth-order valence-corrected chi connectivity index (χ4v) is 4.52. The molecule has 2 bridgehead atoms. The average molecular weight is 351 g/mol. The second kappa shape index (κ2) is 8.34. The molecule has 2 aliphatic rings. The predicted octanol–water partition coefficient (Wildman–Crippen LogP) is 3.96. The van der Waals surface area contributed by atoms with Gasteiger partial charge in [-0.05, 0) is 44.0 Å². The number of ether oxygens (including phenoxy) is 1. The quantitative estimate of drug-likeness (QED) is 0.784. The van der Waals surface area contributed by atoms with Crippen LogP contribution < -0.4 is 0 Å². The van der Waals surface area contributed by atoms with E-state index in [0.29, 0.717) is 0 Å². The summed E-state index contributed by atoms with van der Waals surface area (Å²) in [6.45, 7) is 4.19. The van der Waals surface area contributed by atoms with Crippen molar-refractivity contribution in [3.63, 3.8) is 0 Å². The van der Waals surface area contributed by atoms with Crippen LogP contribution in [0.4, 0.5) is 0 Å². The van der Waals surface area contributed by atoms with Gasteiger partial charge in [0.1, 0.15) is 6.10 Å². The fourth-order valence-electron chi connectivity index (χ4n) is 4.52. The lowest BCUT2D eigenvalue weighted by atomic mass is 10.0. The van der Waals surface area contributed by atoms with Crippen molar-refractivity contribution in [1.29, 1.82) is 0 Å². The van der Waals surface area contributed by atoms with Crippen molar-refractivity contribution in [2.24, 2.45) is 0 Å². The summed E-state index contributed by atoms with van der Waals surface area (Å²) in [5.74, 6) is 0. The molecule has 2 fully saturated rings. The van der Waals surface area contributed by atoms with Crippen molar-refractivity contribution in [3.8, 4) is 0 Å². The van der Waals surface area contributed by atoms with E-state index in [0.717, 1.165) is 25.2 Å². The number of fused-ring (bicyclic) bond motifs is 2. The predicted molar refractivity (Wildman–Crippen MR) is 106 cm³/mol. The lowest BCUT2D eigenvalue weighted by Gasteiger charge is -2.26. The van der Waals surface area contributed by atoms with E-state index in [-0.39, 0.29) is 6.10 Å². The van der Waals surface area contributed by atoms with Gasteiger partial charge in [0.15, 0.2) is 0 Å². The number of rotatable bonds is 6. The number of likely N-dealkylation sites (tertiary alicyclic amines) is 1. The Morgan fingerprint density at radius 1 is 0.885 bits per heavy atom. The van der Waals surface area contributed by atoms with E-state index in [1.165, 1.54) is 43.5 Å². The Morgan fingerprint density at radius 3 is 2.15 bits per heavy atom. The second-order valence-corrected chi connectivity index (χ2v) is 7.71. The second-order valence-electron chi connectivity index (χ2n) is 7.71. The minimum Gasteiger partial charge on any atom is -0.367 e. The van der Waals surface area contributed by atoms with Gasteiger partial charge in [0.2, 0.25) is 0 Å². The smallest absolute Gasteiger partial charge is 0.108 e. The normalized spacial score (nSPS) is 24.1. The SMILES string of the molecule is CN1[C@@H]2CC[C@@H]1CN(CCOC(c1ccccc1)c1ccccc1)CC2. The average Bonchev–Trinajstić information content (AvgIpc) is 2.94. The summed E-state index contributed by atoms with van der Waals surface area (Å²) in [5, 5.41) is 0. The molecule has 138 valence electrons. The Morgan fingerprint density at radius 2 is 1.50 bits per heavy atom. The zero-order valence-electron chi connectivity index (χ0n) is 15.8. The minimum absolute atomic E-state index is 0.0171. The molecule has 2 aromatic rings. The number of hydrogen-bond donors (Lipinski definition) is 0. The third kappa shape index (κ3) is 4.01. The van der Waals surface area contributed by atoms with Crippen LogP contribution in [0.1, 0.15) is 36.5 Å². The Kier molecular flexibility index (Phi) is 5.68. The molecule has 0 spiro atoms. The molecule has 0 radical (unpaired) electrons. The first kappa shape index (κ1) is 17.7. The summed E-state index contributed by atoms with van der Waals surface area (Å²) in [4.78, 5) is 5.21. The van der Waals surface area contributed by atoms with Crippen molar-refractivity contribution in [2.45, 2.75) is 37.5 Å². The van der Waals surface area contributed by atoms with Crippen LogP contribution >= 0.6 is 0 Å². The van der Waals surface area contributed by atoms with Crippen LogP contribution in [0.2, 0.25) is 0 Å². The van der Waals surface area contributed by atoms with Crippen LogP contribution in [0.15, 0.2) is 60.7 Å². The van der Waals surface area contributed by atoms with Crippen molar-refractivity contribution in [1.82, 2.24) is 9.80 Å². The van der Waals surface area contributed by atoms with Crippen LogP contribution in [-0.4, -0.2) is 55.2 Å². The summed E-state index contributed by atoms with van der Waals surface area (Å²) in [7, 11) is 2.31. The fraction of sp³-hybridized carbons (Fsp3) is 0.478. The van der Waals surface area contributed by atoms with Gasteiger partial charge in [-0.3, -0.25) is 9.80 Å². The van der Waals surface area contributed by atoms with Gasteiger partial charge in [0, 0.05) is 25.2 Å². The maximum absolute atomic E-state index is 6.41. The molecule has 3 nitrogen and oxygen atoms in total. The van der Waals surface area contributed by atoms with Gasteiger partial charge < -0.3 is 4.74 Å².